The average Bonchev–Trinajstić information content (AvgIpc) is 2.55. The molecule has 0 saturated heterocycles. The summed E-state index contributed by atoms with van der Waals surface area (Å²) >= 11 is 0. The Hall–Kier alpha value is -2.62. The van der Waals surface area contributed by atoms with Crippen molar-refractivity contribution in [2.75, 3.05) is 6.54 Å². The van der Waals surface area contributed by atoms with Crippen LogP contribution in [0, 0.1) is 6.92 Å². The summed E-state index contributed by atoms with van der Waals surface area (Å²) in [6, 6.07) is 13.6. The molecule has 0 bridgehead atoms. The van der Waals surface area contributed by atoms with Crippen LogP contribution in [0.5, 0.6) is 0 Å². The molecule has 1 aromatic carbocycles. The number of benzene rings is 1. The number of carbonyl (C=O) groups excluding carboxylic acids is 1. The van der Waals surface area contributed by atoms with Gasteiger partial charge in [0.25, 0.3) is 0 Å². The summed E-state index contributed by atoms with van der Waals surface area (Å²) in [6.07, 6.45) is 6.09. The van der Waals surface area contributed by atoms with Crippen LogP contribution in [-0.4, -0.2) is 17.6 Å². The van der Waals surface area contributed by atoms with Crippen LogP contribution in [-0.2, 0) is 11.3 Å². The maximum atomic E-state index is 11.5. The smallest absolute Gasteiger partial charge is 0.407 e. The fraction of sp³-hybridized carbons (Fsp3) is 0.222. The molecule has 1 amide bonds. The zero-order chi connectivity index (χ0) is 15.6. The summed E-state index contributed by atoms with van der Waals surface area (Å²) in [6.45, 7) is 2.83. The van der Waals surface area contributed by atoms with Crippen LogP contribution < -0.4 is 5.32 Å². The lowest BCUT2D eigenvalue weighted by molar-refractivity contribution is 0.140. The number of alkyl carbamates (subject to hydrolysis) is 1. The van der Waals surface area contributed by atoms with E-state index in [0.717, 1.165) is 23.2 Å². The Bertz CT molecular complexity index is 607. The molecule has 0 unspecified atom stereocenters. The van der Waals surface area contributed by atoms with Crippen LogP contribution >= 0.6 is 0 Å². The second-order valence-corrected chi connectivity index (χ2v) is 4.94. The number of nitrogens with one attached hydrogen (secondary N) is 1. The van der Waals surface area contributed by atoms with Gasteiger partial charge in [-0.2, -0.15) is 0 Å². The highest BCUT2D eigenvalue weighted by atomic mass is 16.5. The van der Waals surface area contributed by atoms with Gasteiger partial charge in [-0.3, -0.25) is 4.98 Å². The first-order chi connectivity index (χ1) is 10.7. The van der Waals surface area contributed by atoms with Gasteiger partial charge in [0, 0.05) is 12.7 Å². The Balaban J connectivity index is 1.61. The predicted molar refractivity (Wildman–Crippen MR) is 87.3 cm³/mol. The van der Waals surface area contributed by atoms with Gasteiger partial charge in [-0.25, -0.2) is 4.79 Å². The third-order valence-corrected chi connectivity index (χ3v) is 3.02. The Labute approximate surface area is 130 Å². The molecule has 0 radical (unpaired) electrons. The third kappa shape index (κ3) is 5.79. The van der Waals surface area contributed by atoms with Crippen molar-refractivity contribution in [2.24, 2.45) is 0 Å². The lowest BCUT2D eigenvalue weighted by atomic mass is 10.2. The minimum Gasteiger partial charge on any atom is -0.445 e. The van der Waals surface area contributed by atoms with E-state index in [4.69, 9.17) is 4.74 Å². The van der Waals surface area contributed by atoms with Gasteiger partial charge in [-0.15, -0.1) is 0 Å². The van der Waals surface area contributed by atoms with Gasteiger partial charge in [0.15, 0.2) is 0 Å². The van der Waals surface area contributed by atoms with E-state index in [9.17, 15) is 4.79 Å². The van der Waals surface area contributed by atoms with Crippen molar-refractivity contribution in [3.8, 4) is 0 Å². The van der Waals surface area contributed by atoms with Gasteiger partial charge in [0.2, 0.25) is 0 Å². The highest BCUT2D eigenvalue weighted by Gasteiger charge is 2.00. The van der Waals surface area contributed by atoms with Crippen LogP contribution in [0.2, 0.25) is 0 Å². The van der Waals surface area contributed by atoms with Crippen LogP contribution in [0.1, 0.15) is 23.2 Å². The molecule has 1 aromatic heterocycles. The third-order valence-electron chi connectivity index (χ3n) is 3.02. The first kappa shape index (κ1) is 15.8. The van der Waals surface area contributed by atoms with Crippen molar-refractivity contribution in [3.05, 3.63) is 71.6 Å². The molecule has 2 rings (SSSR count). The molecule has 4 heteroatoms. The summed E-state index contributed by atoms with van der Waals surface area (Å²) in [5, 5.41) is 2.72. The number of ether oxygens (including phenoxy) is 1. The van der Waals surface area contributed by atoms with Gasteiger partial charge in [0.05, 0.1) is 5.69 Å². The van der Waals surface area contributed by atoms with E-state index >= 15 is 0 Å². The van der Waals surface area contributed by atoms with Crippen molar-refractivity contribution < 1.29 is 9.53 Å². The van der Waals surface area contributed by atoms with Gasteiger partial charge in [-0.05, 0) is 36.6 Å². The number of hydrogen-bond donors (Lipinski definition) is 1. The number of nitrogens with zero attached hydrogens (tertiary/aromatic N) is 1. The van der Waals surface area contributed by atoms with Crippen molar-refractivity contribution in [1.82, 2.24) is 10.3 Å². The lowest BCUT2D eigenvalue weighted by Crippen LogP contribution is -2.24. The Morgan fingerprint density at radius 3 is 2.77 bits per heavy atom. The van der Waals surface area contributed by atoms with Gasteiger partial charge in [0.1, 0.15) is 6.61 Å². The Morgan fingerprint density at radius 1 is 1.23 bits per heavy atom. The van der Waals surface area contributed by atoms with E-state index in [2.05, 4.69) is 10.3 Å². The SMILES string of the molecule is Cc1ccc(C=CCCNC(=O)OCc2ccccc2)nc1. The summed E-state index contributed by atoms with van der Waals surface area (Å²) in [5.41, 5.74) is 3.03. The Kier molecular flexibility index (Phi) is 6.18. The van der Waals surface area contributed by atoms with Gasteiger partial charge in [-0.1, -0.05) is 42.5 Å². The maximum absolute atomic E-state index is 11.5. The molecular weight excluding hydrogens is 276 g/mol. The molecule has 0 spiro atoms. The number of rotatable bonds is 6. The highest BCUT2D eigenvalue weighted by molar-refractivity contribution is 5.67. The van der Waals surface area contributed by atoms with Crippen LogP contribution in [0.15, 0.2) is 54.7 Å². The number of aromatic nitrogens is 1. The zero-order valence-corrected chi connectivity index (χ0v) is 12.7. The molecule has 0 atom stereocenters. The van der Waals surface area contributed by atoms with E-state index in [-0.39, 0.29) is 6.61 Å². The van der Waals surface area contributed by atoms with Crippen molar-refractivity contribution >= 4 is 12.2 Å². The van der Waals surface area contributed by atoms with E-state index < -0.39 is 6.09 Å². The second kappa shape index (κ2) is 8.62. The summed E-state index contributed by atoms with van der Waals surface area (Å²) < 4.78 is 5.12. The molecule has 0 aliphatic carbocycles. The summed E-state index contributed by atoms with van der Waals surface area (Å²) in [4.78, 5) is 15.8. The predicted octanol–water partition coefficient (Wildman–Crippen LogP) is 3.72. The first-order valence-corrected chi connectivity index (χ1v) is 7.28. The molecule has 4 nitrogen and oxygen atoms in total. The van der Waals surface area contributed by atoms with Gasteiger partial charge >= 0.3 is 6.09 Å². The van der Waals surface area contributed by atoms with Crippen LogP contribution in [0.25, 0.3) is 6.08 Å². The molecule has 0 aliphatic heterocycles. The maximum Gasteiger partial charge on any atom is 0.407 e. The quantitative estimate of drug-likeness (QED) is 0.827. The Morgan fingerprint density at radius 2 is 2.05 bits per heavy atom. The second-order valence-electron chi connectivity index (χ2n) is 4.94. The number of hydrogen-bond acceptors (Lipinski definition) is 3. The minimum atomic E-state index is -0.397. The normalized spacial score (nSPS) is 10.6. The molecule has 1 N–H and O–H groups in total. The lowest BCUT2D eigenvalue weighted by Gasteiger charge is -2.05. The molecule has 0 saturated carbocycles. The van der Waals surface area contributed by atoms with Crippen LogP contribution in [0.3, 0.4) is 0 Å². The highest BCUT2D eigenvalue weighted by Crippen LogP contribution is 2.02. The van der Waals surface area contributed by atoms with E-state index in [1.165, 1.54) is 0 Å². The summed E-state index contributed by atoms with van der Waals surface area (Å²) in [7, 11) is 0. The van der Waals surface area contributed by atoms with E-state index in [1.54, 1.807) is 0 Å². The van der Waals surface area contributed by atoms with Crippen LogP contribution in [0.4, 0.5) is 4.79 Å². The average molecular weight is 296 g/mol. The number of carbonyl (C=O) groups is 1. The molecule has 0 aliphatic rings. The molecule has 1 heterocycles. The topological polar surface area (TPSA) is 51.2 Å². The molecular formula is C18H20N2O2. The van der Waals surface area contributed by atoms with Crippen molar-refractivity contribution in [2.45, 2.75) is 20.0 Å². The molecule has 22 heavy (non-hydrogen) atoms. The van der Waals surface area contributed by atoms with Crippen molar-refractivity contribution in [3.63, 3.8) is 0 Å². The molecule has 2 aromatic rings. The largest absolute Gasteiger partial charge is 0.445 e. The fourth-order valence-electron chi connectivity index (χ4n) is 1.81. The standard InChI is InChI=1S/C18H20N2O2/c1-15-10-11-17(20-13-15)9-5-6-12-19-18(21)22-14-16-7-3-2-4-8-16/h2-5,7-11,13H,6,12,14H2,1H3,(H,19,21). The van der Waals surface area contributed by atoms with E-state index in [1.807, 2.05) is 67.7 Å². The zero-order valence-electron chi connectivity index (χ0n) is 12.7. The number of pyridine rings is 1. The fourth-order valence-corrected chi connectivity index (χ4v) is 1.81. The molecule has 114 valence electrons. The monoisotopic (exact) mass is 296 g/mol. The number of aryl methyl sites for hydroxylation is 1. The molecule has 0 fully saturated rings. The first-order valence-electron chi connectivity index (χ1n) is 7.28. The van der Waals surface area contributed by atoms with Gasteiger partial charge < -0.3 is 10.1 Å². The van der Waals surface area contributed by atoms with Crippen molar-refractivity contribution in [1.29, 1.82) is 0 Å². The minimum absolute atomic E-state index is 0.287. The number of amides is 1. The summed E-state index contributed by atoms with van der Waals surface area (Å²) in [5.74, 6) is 0. The van der Waals surface area contributed by atoms with E-state index in [0.29, 0.717) is 6.54 Å².